The van der Waals surface area contributed by atoms with Crippen LogP contribution in [0.3, 0.4) is 0 Å². The van der Waals surface area contributed by atoms with E-state index in [1.165, 1.54) is 0 Å². The van der Waals surface area contributed by atoms with Crippen LogP contribution in [0, 0.1) is 6.92 Å². The van der Waals surface area contributed by atoms with Gasteiger partial charge in [-0.25, -0.2) is 13.3 Å². The molecule has 0 radical (unpaired) electrons. The van der Waals surface area contributed by atoms with Gasteiger partial charge >= 0.3 is 6.03 Å². The summed E-state index contributed by atoms with van der Waals surface area (Å²) < 4.78 is 21.0. The summed E-state index contributed by atoms with van der Waals surface area (Å²) in [5, 5.41) is 2.59. The van der Waals surface area contributed by atoms with Gasteiger partial charge in [0.25, 0.3) is 11.3 Å². The molecule has 1 rings (SSSR count). The molecule has 0 spiro atoms. The lowest BCUT2D eigenvalue weighted by Crippen LogP contribution is -2.36. The van der Waals surface area contributed by atoms with E-state index in [0.29, 0.717) is 12.1 Å². The Morgan fingerprint density at radius 3 is 2.50 bits per heavy atom. The van der Waals surface area contributed by atoms with Crippen LogP contribution < -0.4 is 5.32 Å². The average Bonchev–Trinajstić information content (AvgIpc) is 2.32. The lowest BCUT2D eigenvalue weighted by molar-refractivity contribution is 0.234. The van der Waals surface area contributed by atoms with E-state index in [2.05, 4.69) is 5.32 Å². The van der Waals surface area contributed by atoms with E-state index in [4.69, 9.17) is 4.55 Å². The number of rotatable bonds is 5. The number of nitrogens with zero attached hydrogens (tertiary/aromatic N) is 1. The molecule has 0 saturated carbocycles. The van der Waals surface area contributed by atoms with Gasteiger partial charge in [0.05, 0.1) is 0 Å². The second kappa shape index (κ2) is 7.13. The summed E-state index contributed by atoms with van der Waals surface area (Å²) in [6, 6.07) is 6.68. The number of carbonyl (C=O) groups is 1. The van der Waals surface area contributed by atoms with E-state index in [1.807, 2.05) is 26.0 Å². The quantitative estimate of drug-likeness (QED) is 0.808. The Balaban J connectivity index is 2.66. The smallest absolute Gasteiger partial charge is 0.307 e. The van der Waals surface area contributed by atoms with Gasteiger partial charge in [0.15, 0.2) is 0 Å². The molecule has 0 saturated heterocycles. The number of anilines is 1. The lowest BCUT2D eigenvalue weighted by atomic mass is 10.2. The topological polar surface area (TPSA) is 69.6 Å². The largest absolute Gasteiger partial charge is 0.335 e. The first-order valence-corrected chi connectivity index (χ1v) is 6.87. The third-order valence-electron chi connectivity index (χ3n) is 2.43. The Morgan fingerprint density at radius 2 is 2.00 bits per heavy atom. The first kappa shape index (κ1) is 14.7. The predicted molar refractivity (Wildman–Crippen MR) is 72.6 cm³/mol. The molecule has 5 nitrogen and oxygen atoms in total. The zero-order valence-electron chi connectivity index (χ0n) is 10.5. The van der Waals surface area contributed by atoms with E-state index in [1.54, 1.807) is 12.1 Å². The number of amides is 2. The van der Waals surface area contributed by atoms with Crippen LogP contribution in [0.1, 0.15) is 25.3 Å². The number of unbranched alkanes of at least 4 members (excludes halogenated alkanes) is 1. The minimum absolute atomic E-state index is 0.261. The molecule has 1 atom stereocenters. The Labute approximate surface area is 110 Å². The highest BCUT2D eigenvalue weighted by Gasteiger charge is 2.18. The van der Waals surface area contributed by atoms with Gasteiger partial charge in [-0.1, -0.05) is 31.0 Å². The Hall–Kier alpha value is -1.40. The second-order valence-electron chi connectivity index (χ2n) is 3.98. The molecule has 0 aliphatic heterocycles. The standard InChI is InChI=1S/C12H18N2O3S/c1-3-4-9-14(18(16)17)12(15)13-11-7-5-10(2)6-8-11/h5-8H,3-4,9H2,1-2H3,(H,13,15)(H,16,17). The van der Waals surface area contributed by atoms with Gasteiger partial charge in [-0.2, -0.15) is 0 Å². The van der Waals surface area contributed by atoms with E-state index < -0.39 is 17.3 Å². The molecule has 0 aliphatic rings. The minimum Gasteiger partial charge on any atom is -0.307 e. The molecule has 1 aromatic rings. The molecule has 0 aromatic heterocycles. The van der Waals surface area contributed by atoms with E-state index in [0.717, 1.165) is 16.3 Å². The molecule has 0 fully saturated rings. The zero-order valence-corrected chi connectivity index (χ0v) is 11.4. The molecule has 0 bridgehead atoms. The van der Waals surface area contributed by atoms with Gasteiger partial charge in [-0.15, -0.1) is 0 Å². The third-order valence-corrected chi connectivity index (χ3v) is 3.16. The molecule has 2 N–H and O–H groups in total. The van der Waals surface area contributed by atoms with Crippen molar-refractivity contribution >= 4 is 23.0 Å². The highest BCUT2D eigenvalue weighted by Crippen LogP contribution is 2.10. The van der Waals surface area contributed by atoms with Gasteiger partial charge in [0.1, 0.15) is 0 Å². The van der Waals surface area contributed by atoms with Crippen molar-refractivity contribution in [1.82, 2.24) is 4.31 Å². The fraction of sp³-hybridized carbons (Fsp3) is 0.417. The number of urea groups is 1. The fourth-order valence-corrected chi connectivity index (χ4v) is 1.85. The van der Waals surface area contributed by atoms with E-state index in [-0.39, 0.29) is 6.54 Å². The fourth-order valence-electron chi connectivity index (χ4n) is 1.38. The number of benzene rings is 1. The van der Waals surface area contributed by atoms with Gasteiger partial charge in [-0.3, -0.25) is 4.55 Å². The van der Waals surface area contributed by atoms with Crippen molar-refractivity contribution < 1.29 is 13.6 Å². The summed E-state index contributed by atoms with van der Waals surface area (Å²) in [4.78, 5) is 11.8. The van der Waals surface area contributed by atoms with Crippen molar-refractivity contribution in [2.75, 3.05) is 11.9 Å². The number of hydrogen-bond acceptors (Lipinski definition) is 2. The number of nitrogens with one attached hydrogen (secondary N) is 1. The molecular weight excluding hydrogens is 252 g/mol. The lowest BCUT2D eigenvalue weighted by Gasteiger charge is -2.18. The first-order valence-electron chi connectivity index (χ1n) is 5.80. The van der Waals surface area contributed by atoms with Gasteiger partial charge < -0.3 is 5.32 Å². The van der Waals surface area contributed by atoms with Crippen LogP contribution in [-0.2, 0) is 11.3 Å². The molecule has 6 heteroatoms. The minimum atomic E-state index is -2.29. The van der Waals surface area contributed by atoms with Crippen molar-refractivity contribution in [2.45, 2.75) is 26.7 Å². The third kappa shape index (κ3) is 4.46. The van der Waals surface area contributed by atoms with Crippen LogP contribution in [0.5, 0.6) is 0 Å². The molecule has 0 heterocycles. The van der Waals surface area contributed by atoms with Crippen LogP contribution in [0.4, 0.5) is 10.5 Å². The van der Waals surface area contributed by atoms with E-state index >= 15 is 0 Å². The number of carbonyl (C=O) groups excluding carboxylic acids is 1. The molecule has 1 unspecified atom stereocenters. The summed E-state index contributed by atoms with van der Waals surface area (Å²) in [5.41, 5.74) is 1.69. The molecule has 2 amide bonds. The SMILES string of the molecule is CCCCN(C(=O)Nc1ccc(C)cc1)S(=O)O. The van der Waals surface area contributed by atoms with Gasteiger partial charge in [0.2, 0.25) is 0 Å². The number of aryl methyl sites for hydroxylation is 1. The maximum absolute atomic E-state index is 11.8. The molecule has 1 aromatic carbocycles. The number of hydrogen-bond donors (Lipinski definition) is 2. The van der Waals surface area contributed by atoms with Crippen molar-refractivity contribution in [3.05, 3.63) is 29.8 Å². The monoisotopic (exact) mass is 270 g/mol. The summed E-state index contributed by atoms with van der Waals surface area (Å²) in [6.45, 7) is 4.16. The summed E-state index contributed by atoms with van der Waals surface area (Å²) in [5.74, 6) is 0. The highest BCUT2D eigenvalue weighted by atomic mass is 32.2. The summed E-state index contributed by atoms with van der Waals surface area (Å²) in [6.07, 6.45) is 1.54. The van der Waals surface area contributed by atoms with Gasteiger partial charge in [-0.05, 0) is 25.5 Å². The van der Waals surface area contributed by atoms with Crippen LogP contribution >= 0.6 is 0 Å². The summed E-state index contributed by atoms with van der Waals surface area (Å²) >= 11 is -2.29. The molecular formula is C12H18N2O3S. The first-order chi connectivity index (χ1) is 8.54. The van der Waals surface area contributed by atoms with Crippen LogP contribution in [-0.4, -0.2) is 25.6 Å². The Bertz CT molecular complexity index is 420. The van der Waals surface area contributed by atoms with Crippen LogP contribution in [0.25, 0.3) is 0 Å². The summed E-state index contributed by atoms with van der Waals surface area (Å²) in [7, 11) is 0. The normalized spacial score (nSPS) is 11.9. The van der Waals surface area contributed by atoms with Crippen LogP contribution in [0.2, 0.25) is 0 Å². The average molecular weight is 270 g/mol. The van der Waals surface area contributed by atoms with Gasteiger partial charge in [0, 0.05) is 12.2 Å². The maximum Gasteiger partial charge on any atom is 0.335 e. The molecule has 18 heavy (non-hydrogen) atoms. The maximum atomic E-state index is 11.8. The highest BCUT2D eigenvalue weighted by molar-refractivity contribution is 7.77. The second-order valence-corrected chi connectivity index (χ2v) is 4.88. The Kier molecular flexibility index (Phi) is 5.80. The van der Waals surface area contributed by atoms with Crippen molar-refractivity contribution in [3.8, 4) is 0 Å². The molecule has 0 aliphatic carbocycles. The van der Waals surface area contributed by atoms with Crippen LogP contribution in [0.15, 0.2) is 24.3 Å². The van der Waals surface area contributed by atoms with Crippen molar-refractivity contribution in [2.24, 2.45) is 0 Å². The zero-order chi connectivity index (χ0) is 13.5. The molecule has 100 valence electrons. The van der Waals surface area contributed by atoms with E-state index in [9.17, 15) is 9.00 Å². The predicted octanol–water partition coefficient (Wildman–Crippen LogP) is 2.77. The Morgan fingerprint density at radius 1 is 1.39 bits per heavy atom. The van der Waals surface area contributed by atoms with Crippen molar-refractivity contribution in [3.63, 3.8) is 0 Å². The van der Waals surface area contributed by atoms with Crippen molar-refractivity contribution in [1.29, 1.82) is 0 Å².